The Labute approximate surface area is 111 Å². The maximum absolute atomic E-state index is 12.0. The summed E-state index contributed by atoms with van der Waals surface area (Å²) in [7, 11) is 1.87. The molecule has 0 spiro atoms. The Hall–Kier alpha value is -0.610. The fourth-order valence-electron chi connectivity index (χ4n) is 2.41. The first-order valence-electron chi connectivity index (χ1n) is 6.93. The normalized spacial score (nSPS) is 23.6. The van der Waals surface area contributed by atoms with Crippen LogP contribution in [0.4, 0.5) is 0 Å². The molecule has 0 aliphatic heterocycles. The highest BCUT2D eigenvalue weighted by molar-refractivity contribution is 5.76. The van der Waals surface area contributed by atoms with E-state index in [1.165, 1.54) is 0 Å². The summed E-state index contributed by atoms with van der Waals surface area (Å²) in [4.78, 5) is 13.9. The number of carbonyl (C=O) groups is 1. The number of amides is 1. The summed E-state index contributed by atoms with van der Waals surface area (Å²) in [5.41, 5.74) is 5.69. The van der Waals surface area contributed by atoms with Crippen molar-refractivity contribution in [2.24, 2.45) is 17.1 Å². The van der Waals surface area contributed by atoms with Crippen LogP contribution < -0.4 is 5.73 Å². The van der Waals surface area contributed by atoms with E-state index in [1.54, 1.807) is 0 Å². The van der Waals surface area contributed by atoms with Crippen LogP contribution in [0, 0.1) is 11.3 Å². The Morgan fingerprint density at radius 2 is 2.06 bits per heavy atom. The standard InChI is InChI=1S/C14H28N2O2/c1-5-18-12-6-11(7-12)8-13(17)16(4)10-14(2,3)9-15/h11-12H,5-10,15H2,1-4H3. The average molecular weight is 256 g/mol. The zero-order chi connectivity index (χ0) is 13.8. The second-order valence-corrected chi connectivity index (χ2v) is 6.24. The summed E-state index contributed by atoms with van der Waals surface area (Å²) in [6.45, 7) is 8.29. The van der Waals surface area contributed by atoms with E-state index in [9.17, 15) is 4.79 Å². The molecule has 1 aliphatic carbocycles. The Kier molecular flexibility index (Phi) is 5.60. The molecule has 0 atom stereocenters. The van der Waals surface area contributed by atoms with Gasteiger partial charge in [0.25, 0.3) is 0 Å². The third kappa shape index (κ3) is 4.58. The van der Waals surface area contributed by atoms with Gasteiger partial charge < -0.3 is 15.4 Å². The first-order chi connectivity index (χ1) is 8.38. The average Bonchev–Trinajstić information content (AvgIpc) is 2.25. The number of carbonyl (C=O) groups excluding carboxylic acids is 1. The van der Waals surface area contributed by atoms with Gasteiger partial charge in [-0.05, 0) is 37.6 Å². The van der Waals surface area contributed by atoms with E-state index >= 15 is 0 Å². The molecule has 0 aromatic heterocycles. The molecule has 4 heteroatoms. The fourth-order valence-corrected chi connectivity index (χ4v) is 2.41. The largest absolute Gasteiger partial charge is 0.378 e. The van der Waals surface area contributed by atoms with Crippen LogP contribution in [0.1, 0.15) is 40.0 Å². The SMILES string of the molecule is CCOC1CC(CC(=O)N(C)CC(C)(C)CN)C1. The molecule has 0 aromatic rings. The van der Waals surface area contributed by atoms with Crippen LogP contribution >= 0.6 is 0 Å². The van der Waals surface area contributed by atoms with Crippen molar-refractivity contribution in [1.82, 2.24) is 4.90 Å². The van der Waals surface area contributed by atoms with Gasteiger partial charge in [-0.25, -0.2) is 0 Å². The first-order valence-corrected chi connectivity index (χ1v) is 6.93. The van der Waals surface area contributed by atoms with Crippen LogP contribution in [0.25, 0.3) is 0 Å². The van der Waals surface area contributed by atoms with E-state index in [-0.39, 0.29) is 11.3 Å². The molecular formula is C14H28N2O2. The van der Waals surface area contributed by atoms with E-state index in [4.69, 9.17) is 10.5 Å². The Morgan fingerprint density at radius 3 is 2.56 bits per heavy atom. The molecule has 1 aliphatic rings. The number of nitrogens with zero attached hydrogens (tertiary/aromatic N) is 1. The smallest absolute Gasteiger partial charge is 0.222 e. The van der Waals surface area contributed by atoms with Gasteiger partial charge in [0.1, 0.15) is 0 Å². The van der Waals surface area contributed by atoms with Gasteiger partial charge in [-0.1, -0.05) is 13.8 Å². The lowest BCUT2D eigenvalue weighted by molar-refractivity contribution is -0.134. The minimum atomic E-state index is -0.00210. The topological polar surface area (TPSA) is 55.6 Å². The lowest BCUT2D eigenvalue weighted by Gasteiger charge is -2.36. The molecule has 0 radical (unpaired) electrons. The lowest BCUT2D eigenvalue weighted by Crippen LogP contribution is -2.42. The maximum Gasteiger partial charge on any atom is 0.222 e. The van der Waals surface area contributed by atoms with E-state index in [1.807, 2.05) is 18.9 Å². The third-order valence-electron chi connectivity index (χ3n) is 3.70. The van der Waals surface area contributed by atoms with Crippen molar-refractivity contribution in [1.29, 1.82) is 0 Å². The van der Waals surface area contributed by atoms with Crippen molar-refractivity contribution in [2.75, 3.05) is 26.7 Å². The second kappa shape index (κ2) is 6.53. The highest BCUT2D eigenvalue weighted by Gasteiger charge is 2.32. The van der Waals surface area contributed by atoms with Crippen LogP contribution in [0.2, 0.25) is 0 Å². The van der Waals surface area contributed by atoms with Gasteiger partial charge >= 0.3 is 0 Å². The van der Waals surface area contributed by atoms with E-state index in [0.29, 0.717) is 25.0 Å². The Morgan fingerprint density at radius 1 is 1.44 bits per heavy atom. The second-order valence-electron chi connectivity index (χ2n) is 6.24. The van der Waals surface area contributed by atoms with Gasteiger partial charge in [-0.2, -0.15) is 0 Å². The summed E-state index contributed by atoms with van der Waals surface area (Å²) in [6.07, 6.45) is 3.11. The number of hydrogen-bond donors (Lipinski definition) is 1. The van der Waals surface area contributed by atoms with Gasteiger partial charge in [0.2, 0.25) is 5.91 Å². The third-order valence-corrected chi connectivity index (χ3v) is 3.70. The minimum absolute atomic E-state index is 0.00210. The van der Waals surface area contributed by atoms with Crippen molar-refractivity contribution in [3.05, 3.63) is 0 Å². The summed E-state index contributed by atoms with van der Waals surface area (Å²) < 4.78 is 5.51. The van der Waals surface area contributed by atoms with Crippen molar-refractivity contribution in [3.8, 4) is 0 Å². The minimum Gasteiger partial charge on any atom is -0.378 e. The summed E-state index contributed by atoms with van der Waals surface area (Å²) in [5.74, 6) is 0.744. The van der Waals surface area contributed by atoms with E-state index < -0.39 is 0 Å². The van der Waals surface area contributed by atoms with Gasteiger partial charge in [0.15, 0.2) is 0 Å². The fraction of sp³-hybridized carbons (Fsp3) is 0.929. The Bertz CT molecular complexity index is 273. The van der Waals surface area contributed by atoms with Gasteiger partial charge in [0, 0.05) is 26.6 Å². The van der Waals surface area contributed by atoms with E-state index in [0.717, 1.165) is 26.0 Å². The van der Waals surface area contributed by atoms with Crippen molar-refractivity contribution < 1.29 is 9.53 Å². The Balaban J connectivity index is 2.25. The van der Waals surface area contributed by atoms with Gasteiger partial charge in [-0.3, -0.25) is 4.79 Å². The van der Waals surface area contributed by atoms with Crippen LogP contribution in [-0.2, 0) is 9.53 Å². The van der Waals surface area contributed by atoms with Crippen LogP contribution in [0.5, 0.6) is 0 Å². The summed E-state index contributed by atoms with van der Waals surface area (Å²) >= 11 is 0. The zero-order valence-electron chi connectivity index (χ0n) is 12.2. The maximum atomic E-state index is 12.0. The highest BCUT2D eigenvalue weighted by Crippen LogP contribution is 2.33. The number of ether oxygens (including phenoxy) is 1. The summed E-state index contributed by atoms with van der Waals surface area (Å²) in [6, 6.07) is 0. The molecule has 0 unspecified atom stereocenters. The van der Waals surface area contributed by atoms with Crippen molar-refractivity contribution in [3.63, 3.8) is 0 Å². The van der Waals surface area contributed by atoms with Crippen LogP contribution in [0.15, 0.2) is 0 Å². The number of hydrogen-bond acceptors (Lipinski definition) is 3. The zero-order valence-corrected chi connectivity index (χ0v) is 12.2. The molecule has 18 heavy (non-hydrogen) atoms. The summed E-state index contributed by atoms with van der Waals surface area (Å²) in [5, 5.41) is 0. The predicted molar refractivity (Wildman–Crippen MR) is 73.2 cm³/mol. The molecule has 0 heterocycles. The van der Waals surface area contributed by atoms with E-state index in [2.05, 4.69) is 13.8 Å². The van der Waals surface area contributed by atoms with Crippen molar-refractivity contribution >= 4 is 5.91 Å². The molecule has 1 amide bonds. The first kappa shape index (κ1) is 15.4. The molecule has 1 fully saturated rings. The quantitative estimate of drug-likeness (QED) is 0.753. The molecular weight excluding hydrogens is 228 g/mol. The monoisotopic (exact) mass is 256 g/mol. The predicted octanol–water partition coefficient (Wildman–Crippen LogP) is 1.63. The van der Waals surface area contributed by atoms with Gasteiger partial charge in [-0.15, -0.1) is 0 Å². The molecule has 1 rings (SSSR count). The molecule has 1 saturated carbocycles. The molecule has 0 aromatic carbocycles. The van der Waals surface area contributed by atoms with Crippen LogP contribution in [-0.4, -0.2) is 43.7 Å². The van der Waals surface area contributed by atoms with Gasteiger partial charge in [0.05, 0.1) is 6.10 Å². The molecule has 106 valence electrons. The molecule has 4 nitrogen and oxygen atoms in total. The molecule has 0 bridgehead atoms. The van der Waals surface area contributed by atoms with Crippen LogP contribution in [0.3, 0.4) is 0 Å². The number of nitrogens with two attached hydrogens (primary N) is 1. The number of rotatable bonds is 7. The lowest BCUT2D eigenvalue weighted by atomic mass is 9.79. The van der Waals surface area contributed by atoms with Crippen molar-refractivity contribution in [2.45, 2.75) is 46.1 Å². The highest BCUT2D eigenvalue weighted by atomic mass is 16.5. The molecule has 0 saturated heterocycles. The molecule has 2 N–H and O–H groups in total.